The molecular formula is C70H44N6. The Kier molecular flexibility index (Phi) is 9.23. The smallest absolute Gasteiger partial charge is 0.165 e. The fraction of sp³-hybridized carbons (Fsp3) is 0. The van der Waals surface area contributed by atoms with Crippen molar-refractivity contribution >= 4 is 87.2 Å². The quantitative estimate of drug-likeness (QED) is 0.160. The van der Waals surface area contributed by atoms with Crippen LogP contribution in [0, 0.1) is 0 Å². The van der Waals surface area contributed by atoms with Gasteiger partial charge in [0.15, 0.2) is 5.82 Å². The van der Waals surface area contributed by atoms with Crippen molar-refractivity contribution in [3.8, 4) is 56.7 Å². The molecule has 6 nitrogen and oxygen atoms in total. The minimum absolute atomic E-state index is 0.791. The van der Waals surface area contributed by atoms with Gasteiger partial charge in [-0.2, -0.15) is 0 Å². The third-order valence-corrected chi connectivity index (χ3v) is 15.5. The van der Waals surface area contributed by atoms with Crippen LogP contribution in [0.5, 0.6) is 0 Å². The summed E-state index contributed by atoms with van der Waals surface area (Å²) in [6, 6.07) is 96.4. The van der Waals surface area contributed by atoms with Crippen molar-refractivity contribution in [2.24, 2.45) is 0 Å². The van der Waals surface area contributed by atoms with Crippen LogP contribution in [0.15, 0.2) is 267 Å². The van der Waals surface area contributed by atoms with Crippen molar-refractivity contribution in [3.05, 3.63) is 267 Å². The van der Waals surface area contributed by atoms with E-state index in [1.165, 1.54) is 0 Å². The third-order valence-electron chi connectivity index (χ3n) is 15.5. The topological polar surface area (TPSA) is 45.5 Å². The normalized spacial score (nSPS) is 11.9. The second kappa shape index (κ2) is 16.6. The highest BCUT2D eigenvalue weighted by Crippen LogP contribution is 2.49. The minimum Gasteiger partial charge on any atom is -0.305 e. The van der Waals surface area contributed by atoms with E-state index >= 15 is 0 Å². The fourth-order valence-electron chi connectivity index (χ4n) is 12.4. The molecule has 0 unspecified atom stereocenters. The maximum absolute atomic E-state index is 6.41. The molecular weight excluding hydrogens is 925 g/mol. The Morgan fingerprint density at radius 1 is 0.211 bits per heavy atom. The lowest BCUT2D eigenvalue weighted by Gasteiger charge is -2.27. The Bertz CT molecular complexity index is 4720. The molecule has 0 aliphatic rings. The number of pyridine rings is 2. The molecule has 6 heteroatoms. The average Bonchev–Trinajstić information content (AvgIpc) is 4.35. The zero-order valence-corrected chi connectivity index (χ0v) is 41.1. The fourth-order valence-corrected chi connectivity index (χ4v) is 12.4. The van der Waals surface area contributed by atoms with Crippen molar-refractivity contribution in [3.63, 3.8) is 0 Å². The Hall–Kier alpha value is -10.3. The predicted octanol–water partition coefficient (Wildman–Crippen LogP) is 17.9. The summed E-state index contributed by atoms with van der Waals surface area (Å²) in [6.45, 7) is 0. The molecule has 354 valence electrons. The molecule has 0 fully saturated rings. The molecule has 0 saturated carbocycles. The molecule has 76 heavy (non-hydrogen) atoms. The molecule has 0 aliphatic carbocycles. The first-order valence-electron chi connectivity index (χ1n) is 25.9. The zero-order valence-electron chi connectivity index (χ0n) is 41.1. The maximum Gasteiger partial charge on any atom is 0.165 e. The summed E-state index contributed by atoms with van der Waals surface area (Å²) in [5.74, 6) is 0.791. The third kappa shape index (κ3) is 6.16. The van der Waals surface area contributed by atoms with Gasteiger partial charge in [-0.15, -0.1) is 0 Å². The Balaban J connectivity index is 1.24. The molecule has 10 aromatic carbocycles. The minimum atomic E-state index is 0.791. The van der Waals surface area contributed by atoms with Gasteiger partial charge in [-0.1, -0.05) is 206 Å². The number of fused-ring (bicyclic) bond motifs is 12. The molecule has 0 N–H and O–H groups in total. The highest BCUT2D eigenvalue weighted by atomic mass is 15.2. The number of rotatable bonds is 7. The molecule has 16 aromatic rings. The van der Waals surface area contributed by atoms with E-state index < -0.39 is 0 Å². The number of hydrogen-bond donors (Lipinski definition) is 0. The van der Waals surface area contributed by atoms with E-state index in [1.807, 2.05) is 0 Å². The lowest BCUT2D eigenvalue weighted by Crippen LogP contribution is -2.16. The zero-order chi connectivity index (χ0) is 49.8. The number of benzene rings is 10. The van der Waals surface area contributed by atoms with Gasteiger partial charge in [0.1, 0.15) is 11.4 Å². The van der Waals surface area contributed by atoms with Gasteiger partial charge >= 0.3 is 0 Å². The van der Waals surface area contributed by atoms with Crippen LogP contribution < -0.4 is 0 Å². The van der Waals surface area contributed by atoms with Crippen LogP contribution in [-0.4, -0.2) is 28.2 Å². The van der Waals surface area contributed by atoms with Crippen molar-refractivity contribution in [1.82, 2.24) is 28.2 Å². The second-order valence-electron chi connectivity index (χ2n) is 19.7. The van der Waals surface area contributed by atoms with Gasteiger partial charge in [0.2, 0.25) is 0 Å². The Morgan fingerprint density at radius 3 is 0.803 bits per heavy atom. The highest BCUT2D eigenvalue weighted by Gasteiger charge is 2.33. The number of nitrogens with zero attached hydrogens (tertiary/aromatic N) is 6. The highest BCUT2D eigenvalue weighted by molar-refractivity contribution is 6.16. The molecule has 0 radical (unpaired) electrons. The first kappa shape index (κ1) is 42.2. The van der Waals surface area contributed by atoms with E-state index in [2.05, 4.69) is 285 Å². The molecule has 16 rings (SSSR count). The van der Waals surface area contributed by atoms with E-state index in [0.717, 1.165) is 144 Å². The second-order valence-corrected chi connectivity index (χ2v) is 19.7. The maximum atomic E-state index is 6.41. The van der Waals surface area contributed by atoms with Gasteiger partial charge in [0.05, 0.1) is 66.9 Å². The molecule has 0 aliphatic heterocycles. The van der Waals surface area contributed by atoms with Crippen molar-refractivity contribution < 1.29 is 0 Å². The van der Waals surface area contributed by atoms with Crippen LogP contribution >= 0.6 is 0 Å². The van der Waals surface area contributed by atoms with Crippen LogP contribution in [-0.2, 0) is 0 Å². The predicted molar refractivity (Wildman–Crippen MR) is 316 cm³/mol. The molecule has 6 heterocycles. The van der Waals surface area contributed by atoms with E-state index in [1.54, 1.807) is 0 Å². The lowest BCUT2D eigenvalue weighted by molar-refractivity contribution is 0.977. The van der Waals surface area contributed by atoms with Gasteiger partial charge in [-0.25, -0.2) is 9.97 Å². The SMILES string of the molecule is c1ccc(-c2cc(-c3nc(-n4c5ccccc5c5ccccc54)c(-n4c5ccccc5c5ccccc54)c(-n4c5ccccc5c5ccccc54)c3-n3c4ccccc4c4ccccc43)cc(-c3ccccc3)n2)cc1. The van der Waals surface area contributed by atoms with Crippen LogP contribution in [0.1, 0.15) is 0 Å². The molecule has 0 bridgehead atoms. The van der Waals surface area contributed by atoms with Gasteiger partial charge in [0, 0.05) is 59.8 Å². The van der Waals surface area contributed by atoms with Gasteiger partial charge in [0.25, 0.3) is 0 Å². The summed E-state index contributed by atoms with van der Waals surface area (Å²) in [4.78, 5) is 11.9. The van der Waals surface area contributed by atoms with E-state index in [-0.39, 0.29) is 0 Å². The van der Waals surface area contributed by atoms with Crippen molar-refractivity contribution in [2.45, 2.75) is 0 Å². The van der Waals surface area contributed by atoms with E-state index in [4.69, 9.17) is 9.97 Å². The Labute approximate surface area is 436 Å². The summed E-state index contributed by atoms with van der Waals surface area (Å²) >= 11 is 0. The summed E-state index contributed by atoms with van der Waals surface area (Å²) in [7, 11) is 0. The van der Waals surface area contributed by atoms with Crippen LogP contribution in [0.4, 0.5) is 0 Å². The number of hydrogen-bond acceptors (Lipinski definition) is 2. The van der Waals surface area contributed by atoms with Gasteiger partial charge < -0.3 is 13.7 Å². The lowest BCUT2D eigenvalue weighted by atomic mass is 10.0. The van der Waals surface area contributed by atoms with Crippen LogP contribution in [0.2, 0.25) is 0 Å². The monoisotopic (exact) mass is 968 g/mol. The summed E-state index contributed by atoms with van der Waals surface area (Å²) < 4.78 is 9.98. The molecule has 6 aromatic heterocycles. The average molecular weight is 969 g/mol. The van der Waals surface area contributed by atoms with E-state index in [9.17, 15) is 0 Å². The van der Waals surface area contributed by atoms with Crippen molar-refractivity contribution in [1.29, 1.82) is 0 Å². The molecule has 0 saturated heterocycles. The number of para-hydroxylation sites is 8. The van der Waals surface area contributed by atoms with Gasteiger partial charge in [-0.05, 0) is 60.7 Å². The van der Waals surface area contributed by atoms with Crippen LogP contribution in [0.3, 0.4) is 0 Å². The summed E-state index contributed by atoms with van der Waals surface area (Å²) in [5, 5.41) is 9.28. The molecule has 0 amide bonds. The first-order valence-corrected chi connectivity index (χ1v) is 25.9. The summed E-state index contributed by atoms with van der Waals surface area (Å²) in [5.41, 5.74) is 17.0. The van der Waals surface area contributed by atoms with Crippen molar-refractivity contribution in [2.75, 3.05) is 0 Å². The molecule has 0 atom stereocenters. The van der Waals surface area contributed by atoms with E-state index in [0.29, 0.717) is 0 Å². The number of aromatic nitrogens is 6. The summed E-state index contributed by atoms with van der Waals surface area (Å²) in [6.07, 6.45) is 0. The van der Waals surface area contributed by atoms with Gasteiger partial charge in [-0.3, -0.25) is 4.57 Å². The first-order chi connectivity index (χ1) is 37.8. The standard InChI is InChI=1S/C70H44N6/c1-3-23-45(24-4-1)56-43-47(44-57(71-56)46-25-5-2-6-26-46)66-67(73-58-35-15-7-27-48(58)49-28-8-16-36-59(49)73)68(74-60-37-17-9-29-50(60)51-30-10-18-38-61(51)74)69(75-62-39-19-11-31-52(62)53-32-12-20-40-63(53)75)70(72-66)76-64-41-21-13-33-54(64)55-34-14-22-42-65(55)76/h1-44H. The largest absolute Gasteiger partial charge is 0.305 e. The van der Waals surface area contributed by atoms with Crippen LogP contribution in [0.25, 0.3) is 144 Å². The Morgan fingerprint density at radius 2 is 0.474 bits per heavy atom. The molecule has 0 spiro atoms.